The van der Waals surface area contributed by atoms with E-state index >= 15 is 0 Å². The first-order valence-corrected chi connectivity index (χ1v) is 6.68. The van der Waals surface area contributed by atoms with Gasteiger partial charge in [0.1, 0.15) is 6.54 Å². The summed E-state index contributed by atoms with van der Waals surface area (Å²) in [5, 5.41) is 0. The topological polar surface area (TPSA) is 72.9 Å². The number of hydrogen-bond acceptors (Lipinski definition) is 5. The molecule has 0 spiro atoms. The summed E-state index contributed by atoms with van der Waals surface area (Å²) in [6.45, 7) is 5.46. The summed E-state index contributed by atoms with van der Waals surface area (Å²) in [7, 11) is 2.79. The number of ether oxygens (including phenoxy) is 2. The lowest BCUT2D eigenvalue weighted by atomic mass is 9.66. The van der Waals surface area contributed by atoms with Crippen LogP contribution in [0.5, 0.6) is 0 Å². The predicted molar refractivity (Wildman–Crippen MR) is 69.6 cm³/mol. The van der Waals surface area contributed by atoms with Gasteiger partial charge >= 0.3 is 11.9 Å². The van der Waals surface area contributed by atoms with Gasteiger partial charge in [-0.05, 0) is 19.8 Å². The van der Waals surface area contributed by atoms with Gasteiger partial charge in [0, 0.05) is 12.5 Å². The van der Waals surface area contributed by atoms with Gasteiger partial charge in [-0.25, -0.2) is 0 Å². The first kappa shape index (κ1) is 14.8. The van der Waals surface area contributed by atoms with E-state index in [0.29, 0.717) is 12.8 Å². The average Bonchev–Trinajstić information content (AvgIpc) is 2.67. The maximum atomic E-state index is 12.7. The van der Waals surface area contributed by atoms with Crippen molar-refractivity contribution in [2.24, 2.45) is 10.8 Å². The van der Waals surface area contributed by atoms with Crippen molar-refractivity contribution in [3.63, 3.8) is 0 Å². The van der Waals surface area contributed by atoms with Crippen molar-refractivity contribution in [1.29, 1.82) is 0 Å². The Labute approximate surface area is 118 Å². The normalized spacial score (nSPS) is 33.8. The van der Waals surface area contributed by atoms with E-state index in [1.807, 2.05) is 20.8 Å². The Morgan fingerprint density at radius 2 is 1.90 bits per heavy atom. The Morgan fingerprint density at radius 1 is 1.30 bits per heavy atom. The van der Waals surface area contributed by atoms with Gasteiger partial charge in [-0.1, -0.05) is 13.8 Å². The minimum atomic E-state index is -1.17. The fourth-order valence-corrected chi connectivity index (χ4v) is 3.36. The molecule has 2 fully saturated rings. The molecule has 1 saturated heterocycles. The Hall–Kier alpha value is -1.59. The molecule has 0 radical (unpaired) electrons. The fraction of sp³-hybridized carbons (Fsp3) is 0.786. The number of likely N-dealkylation sites (N-methyl/N-ethyl adjacent to an activating group) is 1. The van der Waals surface area contributed by atoms with Crippen molar-refractivity contribution in [1.82, 2.24) is 4.90 Å². The number of esters is 2. The number of rotatable bonds is 3. The zero-order valence-electron chi connectivity index (χ0n) is 12.6. The summed E-state index contributed by atoms with van der Waals surface area (Å²) in [5.41, 5.74) is -2.41. The number of nitrogens with zero attached hydrogens (tertiary/aromatic N) is 1. The molecule has 0 aromatic carbocycles. The molecule has 2 bridgehead atoms. The molecule has 2 rings (SSSR count). The first-order valence-electron chi connectivity index (χ1n) is 6.68. The summed E-state index contributed by atoms with van der Waals surface area (Å²) < 4.78 is 10.0. The molecule has 6 nitrogen and oxygen atoms in total. The lowest BCUT2D eigenvalue weighted by molar-refractivity contribution is -0.174. The molecule has 1 amide bonds. The quantitative estimate of drug-likeness (QED) is 0.714. The van der Waals surface area contributed by atoms with Crippen LogP contribution in [0.25, 0.3) is 0 Å². The van der Waals surface area contributed by atoms with Crippen molar-refractivity contribution in [3.8, 4) is 0 Å². The van der Waals surface area contributed by atoms with E-state index < -0.39 is 22.4 Å². The van der Waals surface area contributed by atoms with Crippen LogP contribution in [0.2, 0.25) is 0 Å². The highest BCUT2D eigenvalue weighted by Crippen LogP contribution is 2.65. The van der Waals surface area contributed by atoms with Gasteiger partial charge in [-0.15, -0.1) is 0 Å². The summed E-state index contributed by atoms with van der Waals surface area (Å²) in [6, 6.07) is 0. The first-order chi connectivity index (χ1) is 9.12. The molecule has 2 aliphatic rings. The predicted octanol–water partition coefficient (Wildman–Crippen LogP) is 0.740. The van der Waals surface area contributed by atoms with Gasteiger partial charge in [0.2, 0.25) is 0 Å². The Kier molecular flexibility index (Phi) is 3.11. The smallest absolute Gasteiger partial charge is 0.325 e. The Balaban J connectivity index is 2.30. The second kappa shape index (κ2) is 4.20. The highest BCUT2D eigenvalue weighted by Gasteiger charge is 2.76. The van der Waals surface area contributed by atoms with E-state index in [0.717, 1.165) is 0 Å². The van der Waals surface area contributed by atoms with Gasteiger partial charge in [-0.3, -0.25) is 14.4 Å². The molecule has 1 heterocycles. The van der Waals surface area contributed by atoms with E-state index in [2.05, 4.69) is 4.74 Å². The molecular weight excluding hydrogens is 262 g/mol. The molecule has 112 valence electrons. The molecule has 0 aromatic rings. The van der Waals surface area contributed by atoms with Gasteiger partial charge in [0.25, 0.3) is 5.91 Å². The van der Waals surface area contributed by atoms with Crippen LogP contribution in [0.3, 0.4) is 0 Å². The molecule has 0 N–H and O–H groups in total. The minimum absolute atomic E-state index is 0.151. The highest BCUT2D eigenvalue weighted by molar-refractivity contribution is 5.97. The molecule has 20 heavy (non-hydrogen) atoms. The van der Waals surface area contributed by atoms with Crippen LogP contribution < -0.4 is 0 Å². The van der Waals surface area contributed by atoms with Crippen LogP contribution in [0.15, 0.2) is 0 Å². The SMILES string of the molecule is COC(=O)CN(C)C(=O)C12CCC(C)(C(=O)O1)C2(C)C. The molecule has 2 atom stereocenters. The summed E-state index contributed by atoms with van der Waals surface area (Å²) in [4.78, 5) is 37.4. The van der Waals surface area contributed by atoms with Gasteiger partial charge in [0.05, 0.1) is 12.5 Å². The van der Waals surface area contributed by atoms with Gasteiger partial charge in [-0.2, -0.15) is 0 Å². The van der Waals surface area contributed by atoms with Crippen LogP contribution in [0.4, 0.5) is 0 Å². The van der Waals surface area contributed by atoms with Crippen molar-refractivity contribution in [2.75, 3.05) is 20.7 Å². The molecule has 6 heteroatoms. The number of carbonyl (C=O) groups excluding carboxylic acids is 3. The zero-order chi connectivity index (χ0) is 15.3. The second-order valence-electron chi connectivity index (χ2n) is 6.41. The van der Waals surface area contributed by atoms with Gasteiger partial charge in [0.15, 0.2) is 5.60 Å². The van der Waals surface area contributed by atoms with Gasteiger partial charge < -0.3 is 14.4 Å². The number of amides is 1. The fourth-order valence-electron chi connectivity index (χ4n) is 3.36. The van der Waals surface area contributed by atoms with E-state index in [-0.39, 0.29) is 18.4 Å². The van der Waals surface area contributed by atoms with Crippen molar-refractivity contribution in [2.45, 2.75) is 39.2 Å². The lowest BCUT2D eigenvalue weighted by Crippen LogP contribution is -2.54. The summed E-state index contributed by atoms with van der Waals surface area (Å²) in [5.74, 6) is -1.16. The van der Waals surface area contributed by atoms with E-state index in [4.69, 9.17) is 4.74 Å². The lowest BCUT2D eigenvalue weighted by Gasteiger charge is -2.37. The number of methoxy groups -OCH3 is 1. The van der Waals surface area contributed by atoms with Crippen LogP contribution in [0, 0.1) is 10.8 Å². The largest absolute Gasteiger partial charge is 0.468 e. The van der Waals surface area contributed by atoms with Crippen molar-refractivity contribution >= 4 is 17.8 Å². The molecule has 2 unspecified atom stereocenters. The summed E-state index contributed by atoms with van der Waals surface area (Å²) >= 11 is 0. The van der Waals surface area contributed by atoms with Crippen molar-refractivity contribution < 1.29 is 23.9 Å². The molecule has 1 aliphatic carbocycles. The molecule has 0 aromatic heterocycles. The standard InChI is InChI=1S/C14H21NO5/c1-12(2)13(3)6-7-14(12,20-11(13)18)10(17)15(4)8-9(16)19-5/h6-8H2,1-5H3. The van der Waals surface area contributed by atoms with Crippen molar-refractivity contribution in [3.05, 3.63) is 0 Å². The van der Waals surface area contributed by atoms with Crippen LogP contribution in [0.1, 0.15) is 33.6 Å². The Bertz CT molecular complexity index is 486. The highest BCUT2D eigenvalue weighted by atomic mass is 16.6. The monoisotopic (exact) mass is 283 g/mol. The zero-order valence-corrected chi connectivity index (χ0v) is 12.6. The third-order valence-corrected chi connectivity index (χ3v) is 5.37. The maximum Gasteiger partial charge on any atom is 0.325 e. The second-order valence-corrected chi connectivity index (χ2v) is 6.41. The van der Waals surface area contributed by atoms with Crippen LogP contribution in [-0.2, 0) is 23.9 Å². The third-order valence-electron chi connectivity index (χ3n) is 5.37. The van der Waals surface area contributed by atoms with Crippen LogP contribution >= 0.6 is 0 Å². The van der Waals surface area contributed by atoms with E-state index in [1.165, 1.54) is 19.1 Å². The third kappa shape index (κ3) is 1.53. The minimum Gasteiger partial charge on any atom is -0.468 e. The van der Waals surface area contributed by atoms with E-state index in [9.17, 15) is 14.4 Å². The molecule has 1 aliphatic heterocycles. The van der Waals surface area contributed by atoms with E-state index in [1.54, 1.807) is 0 Å². The molecular formula is C14H21NO5. The van der Waals surface area contributed by atoms with Crippen LogP contribution in [-0.4, -0.2) is 49.0 Å². The number of fused-ring (bicyclic) bond motifs is 2. The Morgan fingerprint density at radius 3 is 2.30 bits per heavy atom. The maximum absolute atomic E-state index is 12.7. The number of carbonyl (C=O) groups is 3. The average molecular weight is 283 g/mol. The summed E-state index contributed by atoms with van der Waals surface area (Å²) in [6.07, 6.45) is 1.11. The number of hydrogen-bond donors (Lipinski definition) is 0. The molecule has 1 saturated carbocycles.